The maximum atomic E-state index is 12.5. The van der Waals surface area contributed by atoms with Crippen molar-refractivity contribution in [3.8, 4) is 0 Å². The number of hydrogen-bond acceptors (Lipinski definition) is 3. The van der Waals surface area contributed by atoms with Crippen LogP contribution in [-0.4, -0.2) is 57.0 Å². The van der Waals surface area contributed by atoms with Crippen molar-refractivity contribution in [2.24, 2.45) is 4.99 Å². The van der Waals surface area contributed by atoms with Gasteiger partial charge in [-0.2, -0.15) is 0 Å². The molecule has 1 aromatic rings. The Kier molecular flexibility index (Phi) is 3.60. The SMILES string of the molecule is Cc1cccc(C[N+]2=C(Br)N=C3C2C(=O)N(C)C(=O)N3C)c1. The number of halogens is 1. The first-order valence-corrected chi connectivity index (χ1v) is 7.68. The van der Waals surface area contributed by atoms with E-state index in [1.54, 1.807) is 7.05 Å². The zero-order valence-electron chi connectivity index (χ0n) is 12.6. The second kappa shape index (κ2) is 5.31. The Balaban J connectivity index is 1.96. The highest BCUT2D eigenvalue weighted by Crippen LogP contribution is 2.22. The van der Waals surface area contributed by atoms with Crippen LogP contribution in [0.3, 0.4) is 0 Å². The number of fused-ring (bicyclic) bond motifs is 1. The second-order valence-corrected chi connectivity index (χ2v) is 6.21. The number of aryl methyl sites for hydroxylation is 1. The molecule has 0 aromatic heterocycles. The van der Waals surface area contributed by atoms with Crippen LogP contribution in [0.15, 0.2) is 29.3 Å². The Morgan fingerprint density at radius 1 is 1.27 bits per heavy atom. The summed E-state index contributed by atoms with van der Waals surface area (Å²) < 4.78 is 2.43. The van der Waals surface area contributed by atoms with Crippen molar-refractivity contribution in [3.63, 3.8) is 0 Å². The van der Waals surface area contributed by atoms with Gasteiger partial charge in [0.2, 0.25) is 0 Å². The van der Waals surface area contributed by atoms with Gasteiger partial charge in [-0.05, 0) is 17.5 Å². The summed E-state index contributed by atoms with van der Waals surface area (Å²) >= 11 is 3.41. The summed E-state index contributed by atoms with van der Waals surface area (Å²) in [5.74, 6) is 0.205. The number of aliphatic imine (C=N–C) groups is 1. The molecule has 0 N–H and O–H groups in total. The van der Waals surface area contributed by atoms with Crippen LogP contribution in [0.4, 0.5) is 4.79 Å². The van der Waals surface area contributed by atoms with Gasteiger partial charge in [-0.1, -0.05) is 29.8 Å². The molecule has 1 fully saturated rings. The fourth-order valence-electron chi connectivity index (χ4n) is 2.73. The number of nitrogens with zero attached hydrogens (tertiary/aromatic N) is 4. The first kappa shape index (κ1) is 14.9. The zero-order chi connectivity index (χ0) is 16.0. The highest BCUT2D eigenvalue weighted by Gasteiger charge is 2.52. The van der Waals surface area contributed by atoms with Gasteiger partial charge in [0.1, 0.15) is 6.54 Å². The summed E-state index contributed by atoms with van der Waals surface area (Å²) in [6.45, 7) is 2.57. The first-order chi connectivity index (χ1) is 10.4. The van der Waals surface area contributed by atoms with E-state index in [-0.39, 0.29) is 11.9 Å². The number of carbonyl (C=O) groups is 2. The lowest BCUT2D eigenvalue weighted by molar-refractivity contribution is -0.548. The highest BCUT2D eigenvalue weighted by molar-refractivity contribution is 9.18. The number of carbonyl (C=O) groups excluding carboxylic acids is 2. The van der Waals surface area contributed by atoms with Gasteiger partial charge in [-0.3, -0.25) is 14.6 Å². The summed E-state index contributed by atoms with van der Waals surface area (Å²) in [5, 5.41) is 0. The molecule has 1 atom stereocenters. The maximum Gasteiger partial charge on any atom is 0.365 e. The summed E-state index contributed by atoms with van der Waals surface area (Å²) in [4.78, 5) is 31.4. The largest absolute Gasteiger partial charge is 0.365 e. The van der Waals surface area contributed by atoms with Gasteiger partial charge < -0.3 is 0 Å². The third kappa shape index (κ3) is 2.25. The lowest BCUT2D eigenvalue weighted by Gasteiger charge is -2.30. The van der Waals surface area contributed by atoms with Crippen molar-refractivity contribution in [2.75, 3.05) is 14.1 Å². The zero-order valence-corrected chi connectivity index (χ0v) is 14.2. The van der Waals surface area contributed by atoms with Crippen molar-refractivity contribution in [1.29, 1.82) is 0 Å². The Labute approximate surface area is 136 Å². The van der Waals surface area contributed by atoms with Crippen LogP contribution in [0.5, 0.6) is 0 Å². The van der Waals surface area contributed by atoms with E-state index in [1.807, 2.05) is 29.7 Å². The Hall–Kier alpha value is -2.02. The molecule has 3 rings (SSSR count). The summed E-state index contributed by atoms with van der Waals surface area (Å²) in [5.41, 5.74) is 2.25. The van der Waals surface area contributed by atoms with Crippen LogP contribution >= 0.6 is 15.9 Å². The molecule has 1 unspecified atom stereocenters. The van der Waals surface area contributed by atoms with Gasteiger partial charge in [-0.15, -0.1) is 0 Å². The number of likely N-dealkylation sites (N-methyl/N-ethyl adjacent to an activating group) is 2. The molecule has 3 amide bonds. The summed E-state index contributed by atoms with van der Waals surface area (Å²) in [6.07, 6.45) is 0. The number of imide groups is 1. The molecule has 22 heavy (non-hydrogen) atoms. The van der Waals surface area contributed by atoms with Crippen molar-refractivity contribution in [2.45, 2.75) is 19.5 Å². The molecule has 0 saturated carbocycles. The average Bonchev–Trinajstić information content (AvgIpc) is 2.80. The number of hydrogen-bond donors (Lipinski definition) is 0. The molecule has 6 nitrogen and oxygen atoms in total. The fourth-order valence-corrected chi connectivity index (χ4v) is 3.24. The van der Waals surface area contributed by atoms with Crippen LogP contribution < -0.4 is 0 Å². The van der Waals surface area contributed by atoms with E-state index in [1.165, 1.54) is 11.9 Å². The number of rotatable bonds is 2. The smallest absolute Gasteiger partial charge is 0.269 e. The van der Waals surface area contributed by atoms with Gasteiger partial charge in [0.15, 0.2) is 0 Å². The highest BCUT2D eigenvalue weighted by atomic mass is 79.9. The molecular weight excluding hydrogens is 348 g/mol. The average molecular weight is 364 g/mol. The van der Waals surface area contributed by atoms with Crippen molar-refractivity contribution >= 4 is 38.4 Å². The first-order valence-electron chi connectivity index (χ1n) is 6.88. The van der Waals surface area contributed by atoms with Crippen LogP contribution in [0.2, 0.25) is 0 Å². The van der Waals surface area contributed by atoms with Gasteiger partial charge in [-0.25, -0.2) is 9.37 Å². The molecule has 1 aromatic carbocycles. The molecule has 7 heteroatoms. The van der Waals surface area contributed by atoms with Crippen molar-refractivity contribution in [1.82, 2.24) is 9.80 Å². The van der Waals surface area contributed by atoms with Gasteiger partial charge in [0.05, 0.1) is 15.9 Å². The Morgan fingerprint density at radius 2 is 2.00 bits per heavy atom. The molecular formula is C15H16BrN4O2+. The summed E-state index contributed by atoms with van der Waals surface area (Å²) in [6, 6.07) is 7.17. The summed E-state index contributed by atoms with van der Waals surface area (Å²) in [7, 11) is 3.13. The topological polar surface area (TPSA) is 56.0 Å². The number of amides is 3. The van der Waals surface area contributed by atoms with Crippen LogP contribution in [0.25, 0.3) is 0 Å². The van der Waals surface area contributed by atoms with Crippen molar-refractivity contribution in [3.05, 3.63) is 35.4 Å². The van der Waals surface area contributed by atoms with Crippen molar-refractivity contribution < 1.29 is 14.2 Å². The monoisotopic (exact) mass is 363 g/mol. The Morgan fingerprint density at radius 3 is 2.68 bits per heavy atom. The minimum absolute atomic E-state index is 0.260. The van der Waals surface area contributed by atoms with Gasteiger partial charge >= 0.3 is 10.8 Å². The van der Waals surface area contributed by atoms with E-state index < -0.39 is 6.04 Å². The molecule has 2 aliphatic rings. The van der Waals surface area contributed by atoms with Crippen LogP contribution in [0.1, 0.15) is 11.1 Å². The second-order valence-electron chi connectivity index (χ2n) is 5.50. The molecule has 2 heterocycles. The van der Waals surface area contributed by atoms with E-state index in [9.17, 15) is 9.59 Å². The molecule has 0 spiro atoms. The fraction of sp³-hybridized carbons (Fsp3) is 0.333. The molecule has 0 aliphatic carbocycles. The van der Waals surface area contributed by atoms with E-state index >= 15 is 0 Å². The predicted octanol–water partition coefficient (Wildman–Crippen LogP) is 1.56. The maximum absolute atomic E-state index is 12.5. The molecule has 114 valence electrons. The van der Waals surface area contributed by atoms with E-state index in [0.29, 0.717) is 17.1 Å². The normalized spacial score (nSPS) is 21.5. The molecule has 1 saturated heterocycles. The van der Waals surface area contributed by atoms with E-state index in [4.69, 9.17) is 0 Å². The van der Waals surface area contributed by atoms with Gasteiger partial charge in [0.25, 0.3) is 17.8 Å². The molecule has 0 radical (unpaired) electrons. The third-order valence-corrected chi connectivity index (χ3v) is 4.55. The van der Waals surface area contributed by atoms with E-state index in [2.05, 4.69) is 27.0 Å². The number of benzene rings is 1. The minimum atomic E-state index is -0.567. The minimum Gasteiger partial charge on any atom is -0.269 e. The third-order valence-electron chi connectivity index (χ3n) is 3.92. The molecule has 2 aliphatic heterocycles. The van der Waals surface area contributed by atoms with Gasteiger partial charge in [0, 0.05) is 14.1 Å². The lowest BCUT2D eigenvalue weighted by atomic mass is 10.1. The van der Waals surface area contributed by atoms with E-state index in [0.717, 1.165) is 16.0 Å². The standard InChI is InChI=1S/C15H16BrN4O2/c1-9-5-4-6-10(7-9)8-20-11-12(17-14(20)16)18(2)15(22)19(3)13(11)21/h4-7,11H,8H2,1-3H3/q+1. The quantitative estimate of drug-likeness (QED) is 0.591. The number of amidine groups is 2. The predicted molar refractivity (Wildman–Crippen MR) is 86.2 cm³/mol. The lowest BCUT2D eigenvalue weighted by Crippen LogP contribution is -2.61. The number of urea groups is 1. The Bertz CT molecular complexity index is 741. The molecule has 0 bridgehead atoms. The van der Waals surface area contributed by atoms with Crippen LogP contribution in [-0.2, 0) is 11.3 Å². The van der Waals surface area contributed by atoms with Crippen LogP contribution in [0, 0.1) is 6.92 Å².